The Bertz CT molecular complexity index is 697. The van der Waals surface area contributed by atoms with Gasteiger partial charge in [-0.1, -0.05) is 28.1 Å². The van der Waals surface area contributed by atoms with Crippen molar-refractivity contribution in [2.24, 2.45) is 0 Å². The molecule has 1 amide bonds. The van der Waals surface area contributed by atoms with E-state index in [9.17, 15) is 14.4 Å². The van der Waals surface area contributed by atoms with Crippen LogP contribution in [-0.2, 0) is 19.0 Å². The van der Waals surface area contributed by atoms with Crippen molar-refractivity contribution < 1.29 is 28.6 Å². The minimum Gasteiger partial charge on any atom is -0.456 e. The molecule has 0 spiro atoms. The molecule has 1 aliphatic rings. The first-order valence-corrected chi connectivity index (χ1v) is 9.38. The number of Topliss-reactive ketones (excluding diaryl/α,β-unsaturated/α-hetero) is 1. The zero-order valence-electron chi connectivity index (χ0n) is 15.9. The molecular formula is C19H24BrNO6. The van der Waals surface area contributed by atoms with Crippen LogP contribution in [0.1, 0.15) is 37.6 Å². The van der Waals surface area contributed by atoms with Crippen LogP contribution in [0.4, 0.5) is 4.79 Å². The van der Waals surface area contributed by atoms with Crippen LogP contribution in [0.5, 0.6) is 0 Å². The van der Waals surface area contributed by atoms with E-state index in [0.29, 0.717) is 12.0 Å². The van der Waals surface area contributed by atoms with Crippen LogP contribution in [0, 0.1) is 0 Å². The maximum absolute atomic E-state index is 12.5. The molecule has 1 saturated heterocycles. The molecule has 0 aliphatic carbocycles. The Morgan fingerprint density at radius 2 is 1.81 bits per heavy atom. The lowest BCUT2D eigenvalue weighted by Crippen LogP contribution is -2.44. The van der Waals surface area contributed by atoms with Crippen LogP contribution in [0.25, 0.3) is 0 Å². The van der Waals surface area contributed by atoms with Gasteiger partial charge < -0.3 is 14.2 Å². The predicted octanol–water partition coefficient (Wildman–Crippen LogP) is 3.20. The molecule has 1 heterocycles. The zero-order valence-corrected chi connectivity index (χ0v) is 17.4. The van der Waals surface area contributed by atoms with Crippen molar-refractivity contribution in [2.75, 3.05) is 20.3 Å². The standard InChI is InChI=1S/C19H24BrNO6/c1-19(2,3)27-18(24)21-10-14(25-4)9-15(21)17(23)26-11-16(22)12-5-7-13(20)8-6-12/h5-8,14-15H,9-11H2,1-4H3/t14?,15-/m0/s1. The highest BCUT2D eigenvalue weighted by molar-refractivity contribution is 9.10. The highest BCUT2D eigenvalue weighted by Gasteiger charge is 2.42. The lowest BCUT2D eigenvalue weighted by atomic mass is 10.1. The quantitative estimate of drug-likeness (QED) is 0.515. The summed E-state index contributed by atoms with van der Waals surface area (Å²) in [7, 11) is 1.52. The molecule has 0 N–H and O–H groups in total. The summed E-state index contributed by atoms with van der Waals surface area (Å²) >= 11 is 3.30. The van der Waals surface area contributed by atoms with Crippen molar-refractivity contribution in [3.63, 3.8) is 0 Å². The first-order valence-electron chi connectivity index (χ1n) is 8.58. The summed E-state index contributed by atoms with van der Waals surface area (Å²) in [6, 6.07) is 5.91. The zero-order chi connectivity index (χ0) is 20.2. The van der Waals surface area contributed by atoms with Gasteiger partial charge in [0.25, 0.3) is 0 Å². The van der Waals surface area contributed by atoms with Gasteiger partial charge in [-0.05, 0) is 32.9 Å². The Morgan fingerprint density at radius 1 is 1.19 bits per heavy atom. The molecule has 148 valence electrons. The van der Waals surface area contributed by atoms with Crippen molar-refractivity contribution in [1.29, 1.82) is 0 Å². The monoisotopic (exact) mass is 441 g/mol. The number of nitrogens with zero attached hydrogens (tertiary/aromatic N) is 1. The van der Waals surface area contributed by atoms with Crippen molar-refractivity contribution in [3.8, 4) is 0 Å². The maximum Gasteiger partial charge on any atom is 0.411 e. The number of ether oxygens (including phenoxy) is 3. The Morgan fingerprint density at radius 3 is 2.37 bits per heavy atom. The molecule has 2 rings (SSSR count). The number of halogens is 1. The van der Waals surface area contributed by atoms with E-state index in [0.717, 1.165) is 4.47 Å². The summed E-state index contributed by atoms with van der Waals surface area (Å²) in [6.45, 7) is 5.08. The highest BCUT2D eigenvalue weighted by atomic mass is 79.9. The molecule has 27 heavy (non-hydrogen) atoms. The molecule has 0 saturated carbocycles. The molecule has 1 aromatic rings. The average Bonchev–Trinajstić information content (AvgIpc) is 3.03. The summed E-state index contributed by atoms with van der Waals surface area (Å²) in [6.07, 6.45) is -0.610. The Kier molecular flexibility index (Phi) is 7.00. The third kappa shape index (κ3) is 6.04. The van der Waals surface area contributed by atoms with Crippen LogP contribution >= 0.6 is 15.9 Å². The molecule has 1 unspecified atom stereocenters. The first-order chi connectivity index (χ1) is 12.6. The number of hydrogen-bond donors (Lipinski definition) is 0. The van der Waals surface area contributed by atoms with Crippen LogP contribution in [0.2, 0.25) is 0 Å². The SMILES string of the molecule is COC1C[C@@H](C(=O)OCC(=O)c2ccc(Br)cc2)N(C(=O)OC(C)(C)C)C1. The van der Waals surface area contributed by atoms with Crippen molar-refractivity contribution >= 4 is 33.8 Å². The van der Waals surface area contributed by atoms with Crippen LogP contribution in [0.15, 0.2) is 28.7 Å². The Hall–Kier alpha value is -1.93. The fourth-order valence-electron chi connectivity index (χ4n) is 2.67. The third-order valence-corrected chi connectivity index (χ3v) is 4.54. The van der Waals surface area contributed by atoms with Gasteiger partial charge in [0.15, 0.2) is 12.4 Å². The number of ketones is 1. The van der Waals surface area contributed by atoms with E-state index in [1.807, 2.05) is 0 Å². The van der Waals surface area contributed by atoms with Gasteiger partial charge in [0, 0.05) is 23.6 Å². The molecular weight excluding hydrogens is 418 g/mol. The van der Waals surface area contributed by atoms with E-state index in [-0.39, 0.29) is 18.4 Å². The number of hydrogen-bond acceptors (Lipinski definition) is 6. The topological polar surface area (TPSA) is 82.1 Å². The molecule has 1 aliphatic heterocycles. The number of esters is 1. The largest absolute Gasteiger partial charge is 0.456 e. The Labute approximate surface area is 167 Å². The van der Waals surface area contributed by atoms with E-state index in [1.165, 1.54) is 12.0 Å². The Balaban J connectivity index is 2.00. The van der Waals surface area contributed by atoms with E-state index in [1.54, 1.807) is 45.0 Å². The lowest BCUT2D eigenvalue weighted by molar-refractivity contribution is -0.147. The van der Waals surface area contributed by atoms with Crippen LogP contribution in [0.3, 0.4) is 0 Å². The number of carbonyl (C=O) groups is 3. The van der Waals surface area contributed by atoms with Crippen molar-refractivity contribution in [1.82, 2.24) is 4.90 Å². The number of likely N-dealkylation sites (tertiary alicyclic amines) is 1. The van der Waals surface area contributed by atoms with Crippen LogP contribution in [-0.4, -0.2) is 60.8 Å². The molecule has 2 atom stereocenters. The molecule has 1 fully saturated rings. The van der Waals surface area contributed by atoms with Gasteiger partial charge in [-0.2, -0.15) is 0 Å². The van der Waals surface area contributed by atoms with E-state index in [2.05, 4.69) is 15.9 Å². The van der Waals surface area contributed by atoms with Crippen molar-refractivity contribution in [2.45, 2.75) is 44.9 Å². The van der Waals surface area contributed by atoms with Gasteiger partial charge in [-0.3, -0.25) is 9.69 Å². The molecule has 7 nitrogen and oxygen atoms in total. The molecule has 1 aromatic carbocycles. The lowest BCUT2D eigenvalue weighted by Gasteiger charge is -2.27. The number of benzene rings is 1. The first kappa shape index (κ1) is 21.4. The summed E-state index contributed by atoms with van der Waals surface area (Å²) in [5, 5.41) is 0. The van der Waals surface area contributed by atoms with Gasteiger partial charge in [-0.25, -0.2) is 9.59 Å². The second kappa shape index (κ2) is 8.84. The van der Waals surface area contributed by atoms with Gasteiger partial charge in [0.05, 0.1) is 12.6 Å². The summed E-state index contributed by atoms with van der Waals surface area (Å²) in [4.78, 5) is 38.4. The van der Waals surface area contributed by atoms with E-state index < -0.39 is 30.3 Å². The summed E-state index contributed by atoms with van der Waals surface area (Å²) in [5.41, 5.74) is -0.245. The fraction of sp³-hybridized carbons (Fsp3) is 0.526. The molecule has 0 bridgehead atoms. The summed E-state index contributed by atoms with van der Waals surface area (Å²) in [5.74, 6) is -0.966. The van der Waals surface area contributed by atoms with Gasteiger partial charge >= 0.3 is 12.1 Å². The predicted molar refractivity (Wildman–Crippen MR) is 102 cm³/mol. The van der Waals surface area contributed by atoms with Crippen molar-refractivity contribution in [3.05, 3.63) is 34.3 Å². The number of amides is 1. The maximum atomic E-state index is 12.5. The van der Waals surface area contributed by atoms with Gasteiger partial charge in [0.2, 0.25) is 0 Å². The van der Waals surface area contributed by atoms with Gasteiger partial charge in [-0.15, -0.1) is 0 Å². The van der Waals surface area contributed by atoms with Crippen LogP contribution < -0.4 is 0 Å². The highest BCUT2D eigenvalue weighted by Crippen LogP contribution is 2.24. The molecule has 8 heteroatoms. The number of rotatable bonds is 5. The molecule has 0 aromatic heterocycles. The smallest absolute Gasteiger partial charge is 0.411 e. The number of methoxy groups -OCH3 is 1. The molecule has 0 radical (unpaired) electrons. The number of carbonyl (C=O) groups excluding carboxylic acids is 3. The average molecular weight is 442 g/mol. The van der Waals surface area contributed by atoms with E-state index in [4.69, 9.17) is 14.2 Å². The fourth-order valence-corrected chi connectivity index (χ4v) is 2.93. The second-order valence-electron chi connectivity index (χ2n) is 7.28. The second-order valence-corrected chi connectivity index (χ2v) is 8.20. The minimum absolute atomic E-state index is 0.228. The van der Waals surface area contributed by atoms with Gasteiger partial charge in [0.1, 0.15) is 11.6 Å². The third-order valence-electron chi connectivity index (χ3n) is 4.01. The normalized spacial score (nSPS) is 19.7. The minimum atomic E-state index is -0.845. The summed E-state index contributed by atoms with van der Waals surface area (Å²) < 4.78 is 16.7. The van der Waals surface area contributed by atoms with E-state index >= 15 is 0 Å².